The molecule has 0 aliphatic heterocycles. The van der Waals surface area contributed by atoms with Crippen LogP contribution in [0.3, 0.4) is 0 Å². The maximum absolute atomic E-state index is 5.22. The zero-order valence-corrected chi connectivity index (χ0v) is 17.1. The molecule has 1 heterocycles. The monoisotopic (exact) mass is 392 g/mol. The summed E-state index contributed by atoms with van der Waals surface area (Å²) in [5.74, 6) is 2.89. The lowest BCUT2D eigenvalue weighted by molar-refractivity contribution is 0.414. The highest BCUT2D eigenvalue weighted by molar-refractivity contribution is 5.79. The first-order valence-electron chi connectivity index (χ1n) is 9.72. The smallest absolute Gasteiger partial charge is 0.191 e. The molecule has 0 radical (unpaired) electrons. The average molecular weight is 393 g/mol. The van der Waals surface area contributed by atoms with E-state index in [0.717, 1.165) is 41.6 Å². The van der Waals surface area contributed by atoms with Crippen LogP contribution in [0.2, 0.25) is 0 Å². The van der Waals surface area contributed by atoms with Crippen LogP contribution in [-0.2, 0) is 6.54 Å². The zero-order chi connectivity index (χ0) is 20.5. The molecule has 0 amide bonds. The molecule has 7 heteroatoms. The number of aromatic amines is 1. The molecule has 7 nitrogen and oxygen atoms in total. The Morgan fingerprint density at radius 1 is 1.17 bits per heavy atom. The van der Waals surface area contributed by atoms with Gasteiger partial charge in [0.1, 0.15) is 12.1 Å². The molecule has 1 atom stereocenters. The van der Waals surface area contributed by atoms with Gasteiger partial charge in [0.2, 0.25) is 0 Å². The molecule has 0 fully saturated rings. The molecule has 0 saturated heterocycles. The summed E-state index contributed by atoms with van der Waals surface area (Å²) in [4.78, 5) is 8.52. The fourth-order valence-electron chi connectivity index (χ4n) is 3.09. The Kier molecular flexibility index (Phi) is 7.22. The highest BCUT2D eigenvalue weighted by Crippen LogP contribution is 2.21. The molecule has 0 bridgehead atoms. The van der Waals surface area contributed by atoms with Gasteiger partial charge in [0.05, 0.1) is 7.11 Å². The van der Waals surface area contributed by atoms with Crippen molar-refractivity contribution in [1.82, 2.24) is 25.8 Å². The molecule has 3 aromatic rings. The minimum atomic E-state index is 0.449. The summed E-state index contributed by atoms with van der Waals surface area (Å²) < 4.78 is 5.22. The first kappa shape index (κ1) is 20.4. The van der Waals surface area contributed by atoms with Gasteiger partial charge in [-0.05, 0) is 41.7 Å². The highest BCUT2D eigenvalue weighted by Gasteiger charge is 2.07. The third-order valence-corrected chi connectivity index (χ3v) is 4.85. The third-order valence-electron chi connectivity index (χ3n) is 4.85. The molecular weight excluding hydrogens is 364 g/mol. The van der Waals surface area contributed by atoms with Gasteiger partial charge in [-0.2, -0.15) is 5.10 Å². The van der Waals surface area contributed by atoms with E-state index in [0.29, 0.717) is 12.5 Å². The van der Waals surface area contributed by atoms with Crippen molar-refractivity contribution in [1.29, 1.82) is 0 Å². The number of rotatable bonds is 8. The maximum atomic E-state index is 5.22. The summed E-state index contributed by atoms with van der Waals surface area (Å²) >= 11 is 0. The van der Waals surface area contributed by atoms with Crippen LogP contribution in [-0.4, -0.2) is 41.8 Å². The number of ether oxygens (including phenoxy) is 1. The summed E-state index contributed by atoms with van der Waals surface area (Å²) in [6.45, 7) is 3.75. The molecule has 0 spiro atoms. The Hall–Kier alpha value is -3.35. The number of benzene rings is 2. The second-order valence-electron chi connectivity index (χ2n) is 6.85. The standard InChI is InChI=1S/C22H28N6O/c1-16(18-7-9-20(29-3)10-8-18)11-12-24-22(23-2)25-14-17-5-4-6-19(13-17)21-26-15-27-28-21/h4-10,13,15-16H,11-12,14H2,1-3H3,(H2,23,24,25)(H,26,27,28). The fourth-order valence-corrected chi connectivity index (χ4v) is 3.09. The maximum Gasteiger partial charge on any atom is 0.191 e. The number of aliphatic imine (C=N–C) groups is 1. The predicted octanol–water partition coefficient (Wildman–Crippen LogP) is 3.34. The van der Waals surface area contributed by atoms with Crippen molar-refractivity contribution in [3.05, 3.63) is 66.0 Å². The van der Waals surface area contributed by atoms with Crippen molar-refractivity contribution in [3.63, 3.8) is 0 Å². The van der Waals surface area contributed by atoms with E-state index in [9.17, 15) is 0 Å². The van der Waals surface area contributed by atoms with Crippen molar-refractivity contribution in [2.24, 2.45) is 4.99 Å². The van der Waals surface area contributed by atoms with Crippen LogP contribution in [0.1, 0.15) is 30.4 Å². The summed E-state index contributed by atoms with van der Waals surface area (Å²) in [6, 6.07) is 16.5. The van der Waals surface area contributed by atoms with Crippen molar-refractivity contribution in [2.45, 2.75) is 25.8 Å². The highest BCUT2D eigenvalue weighted by atomic mass is 16.5. The lowest BCUT2D eigenvalue weighted by Crippen LogP contribution is -2.37. The number of hydrogen-bond acceptors (Lipinski definition) is 4. The number of nitrogens with one attached hydrogen (secondary N) is 3. The van der Waals surface area contributed by atoms with Crippen LogP contribution >= 0.6 is 0 Å². The molecule has 3 rings (SSSR count). The predicted molar refractivity (Wildman–Crippen MR) is 116 cm³/mol. The lowest BCUT2D eigenvalue weighted by atomic mass is 9.98. The Balaban J connectivity index is 1.46. The molecule has 3 N–H and O–H groups in total. The topological polar surface area (TPSA) is 87.2 Å². The van der Waals surface area contributed by atoms with Crippen LogP contribution in [0.25, 0.3) is 11.4 Å². The van der Waals surface area contributed by atoms with Gasteiger partial charge < -0.3 is 15.4 Å². The van der Waals surface area contributed by atoms with Crippen LogP contribution < -0.4 is 15.4 Å². The largest absolute Gasteiger partial charge is 0.497 e. The summed E-state index contributed by atoms with van der Waals surface area (Å²) in [5.41, 5.74) is 3.46. The molecule has 152 valence electrons. The summed E-state index contributed by atoms with van der Waals surface area (Å²) in [7, 11) is 3.47. The minimum absolute atomic E-state index is 0.449. The van der Waals surface area contributed by atoms with Gasteiger partial charge in [-0.25, -0.2) is 4.98 Å². The third kappa shape index (κ3) is 5.81. The van der Waals surface area contributed by atoms with Crippen molar-refractivity contribution in [3.8, 4) is 17.1 Å². The second kappa shape index (κ2) is 10.3. The van der Waals surface area contributed by atoms with E-state index >= 15 is 0 Å². The Morgan fingerprint density at radius 2 is 2.00 bits per heavy atom. The van der Waals surface area contributed by atoms with Crippen molar-refractivity contribution in [2.75, 3.05) is 20.7 Å². The number of H-pyrrole nitrogens is 1. The summed E-state index contributed by atoms with van der Waals surface area (Å²) in [6.07, 6.45) is 2.52. The van der Waals surface area contributed by atoms with E-state index in [1.54, 1.807) is 14.2 Å². The SMILES string of the molecule is CN=C(NCCC(C)c1ccc(OC)cc1)NCc1cccc(-c2ncn[nH]2)c1. The van der Waals surface area contributed by atoms with E-state index < -0.39 is 0 Å². The van der Waals surface area contributed by atoms with E-state index in [-0.39, 0.29) is 0 Å². The minimum Gasteiger partial charge on any atom is -0.497 e. The van der Waals surface area contributed by atoms with Crippen molar-refractivity contribution >= 4 is 5.96 Å². The van der Waals surface area contributed by atoms with Gasteiger partial charge >= 0.3 is 0 Å². The number of nitrogens with zero attached hydrogens (tertiary/aromatic N) is 3. The number of hydrogen-bond donors (Lipinski definition) is 3. The molecule has 29 heavy (non-hydrogen) atoms. The van der Waals surface area contributed by atoms with Gasteiger partial charge in [-0.1, -0.05) is 37.3 Å². The van der Waals surface area contributed by atoms with Gasteiger partial charge in [-0.15, -0.1) is 0 Å². The molecule has 0 saturated carbocycles. The number of methoxy groups -OCH3 is 1. The van der Waals surface area contributed by atoms with Crippen LogP contribution in [0.4, 0.5) is 0 Å². The van der Waals surface area contributed by atoms with Crippen molar-refractivity contribution < 1.29 is 4.74 Å². The Morgan fingerprint density at radius 3 is 2.69 bits per heavy atom. The van der Waals surface area contributed by atoms with Crippen LogP contribution in [0.5, 0.6) is 5.75 Å². The molecule has 0 aliphatic carbocycles. The molecule has 2 aromatic carbocycles. The summed E-state index contributed by atoms with van der Waals surface area (Å²) in [5, 5.41) is 13.6. The normalized spacial score (nSPS) is 12.4. The molecule has 0 aliphatic rings. The van der Waals surface area contributed by atoms with E-state index in [1.807, 2.05) is 24.3 Å². The van der Waals surface area contributed by atoms with Crippen LogP contribution in [0, 0.1) is 0 Å². The molecule has 1 aromatic heterocycles. The zero-order valence-electron chi connectivity index (χ0n) is 17.1. The number of guanidine groups is 1. The number of aromatic nitrogens is 3. The van der Waals surface area contributed by atoms with Gasteiger partial charge in [0.15, 0.2) is 11.8 Å². The first-order valence-corrected chi connectivity index (χ1v) is 9.72. The van der Waals surface area contributed by atoms with E-state index in [4.69, 9.17) is 4.74 Å². The van der Waals surface area contributed by atoms with Gasteiger partial charge in [0.25, 0.3) is 0 Å². The quantitative estimate of drug-likeness (QED) is 0.404. The first-order chi connectivity index (χ1) is 14.2. The van der Waals surface area contributed by atoms with Gasteiger partial charge in [0, 0.05) is 25.7 Å². The average Bonchev–Trinajstić information content (AvgIpc) is 3.31. The van der Waals surface area contributed by atoms with E-state index in [2.05, 4.69) is 62.0 Å². The van der Waals surface area contributed by atoms with E-state index in [1.165, 1.54) is 11.9 Å². The Labute approximate surface area is 171 Å². The van der Waals surface area contributed by atoms with Crippen LogP contribution in [0.15, 0.2) is 59.9 Å². The Bertz CT molecular complexity index is 905. The second-order valence-corrected chi connectivity index (χ2v) is 6.85. The molecular formula is C22H28N6O. The fraction of sp³-hybridized carbons (Fsp3) is 0.318. The lowest BCUT2D eigenvalue weighted by Gasteiger charge is -2.16. The molecule has 1 unspecified atom stereocenters. The van der Waals surface area contributed by atoms with Gasteiger partial charge in [-0.3, -0.25) is 10.1 Å².